The van der Waals surface area contributed by atoms with Crippen molar-refractivity contribution in [3.8, 4) is 0 Å². The molecular formula is C25H48N2O3. The maximum atomic E-state index is 13.4. The van der Waals surface area contributed by atoms with Crippen molar-refractivity contribution in [2.24, 2.45) is 0 Å². The maximum absolute atomic E-state index is 13.4. The molecule has 2 aliphatic rings. The van der Waals surface area contributed by atoms with Crippen LogP contribution in [0.2, 0.25) is 0 Å². The number of hydrogen-bond donors (Lipinski definition) is 1. The third-order valence-corrected chi connectivity index (χ3v) is 6.69. The van der Waals surface area contributed by atoms with Crippen LogP contribution in [0.5, 0.6) is 0 Å². The molecule has 30 heavy (non-hydrogen) atoms. The third-order valence-electron chi connectivity index (χ3n) is 6.69. The molecule has 0 aromatic heterocycles. The molecule has 1 spiro atoms. The molecule has 0 saturated carbocycles. The van der Waals surface area contributed by atoms with Crippen LogP contribution in [0.1, 0.15) is 126 Å². The van der Waals surface area contributed by atoms with Crippen LogP contribution in [0.3, 0.4) is 0 Å². The van der Waals surface area contributed by atoms with E-state index in [1.54, 1.807) is 0 Å². The van der Waals surface area contributed by atoms with Gasteiger partial charge in [0, 0.05) is 23.9 Å². The van der Waals surface area contributed by atoms with Crippen molar-refractivity contribution >= 4 is 5.91 Å². The molecule has 5 heteroatoms. The third kappa shape index (κ3) is 5.77. The first-order valence-electron chi connectivity index (χ1n) is 12.5. The van der Waals surface area contributed by atoms with Gasteiger partial charge in [0.05, 0.1) is 6.61 Å². The van der Waals surface area contributed by atoms with Crippen molar-refractivity contribution in [2.45, 2.75) is 148 Å². The molecule has 1 N–H and O–H groups in total. The molecule has 2 heterocycles. The van der Waals surface area contributed by atoms with E-state index < -0.39 is 11.3 Å². The first-order chi connectivity index (χ1) is 14.1. The van der Waals surface area contributed by atoms with E-state index in [1.165, 1.54) is 32.1 Å². The number of piperidine rings is 1. The Morgan fingerprint density at radius 3 is 2.03 bits per heavy atom. The number of unbranched alkanes of at least 4 members (excludes halogenated alkanes) is 5. The monoisotopic (exact) mass is 424 g/mol. The van der Waals surface area contributed by atoms with E-state index in [1.807, 2.05) is 0 Å². The van der Waals surface area contributed by atoms with Crippen molar-refractivity contribution < 1.29 is 14.4 Å². The average molecular weight is 425 g/mol. The molecule has 5 nitrogen and oxygen atoms in total. The van der Waals surface area contributed by atoms with Crippen molar-refractivity contribution in [2.75, 3.05) is 6.61 Å². The van der Waals surface area contributed by atoms with Gasteiger partial charge in [0.1, 0.15) is 5.72 Å². The minimum absolute atomic E-state index is 0.0817. The van der Waals surface area contributed by atoms with Crippen LogP contribution in [0, 0.1) is 0 Å². The quantitative estimate of drug-likeness (QED) is 0.384. The fourth-order valence-electron chi connectivity index (χ4n) is 5.90. The Bertz CT molecular complexity index is 543. The zero-order chi connectivity index (χ0) is 22.5. The van der Waals surface area contributed by atoms with Crippen molar-refractivity contribution in [1.29, 1.82) is 0 Å². The molecule has 0 aliphatic carbocycles. The van der Waals surface area contributed by atoms with Crippen LogP contribution in [0.15, 0.2) is 0 Å². The summed E-state index contributed by atoms with van der Waals surface area (Å²) in [5, 5.41) is 5.47. The van der Waals surface area contributed by atoms with Crippen molar-refractivity contribution in [1.82, 2.24) is 10.4 Å². The maximum Gasteiger partial charge on any atom is 0.254 e. The summed E-state index contributed by atoms with van der Waals surface area (Å²) in [6, 6.07) is 0. The Morgan fingerprint density at radius 2 is 1.47 bits per heavy atom. The van der Waals surface area contributed by atoms with Gasteiger partial charge in [-0.2, -0.15) is 5.06 Å². The van der Waals surface area contributed by atoms with E-state index in [0.717, 1.165) is 32.1 Å². The number of carbonyl (C=O) groups excluding carboxylic acids is 1. The summed E-state index contributed by atoms with van der Waals surface area (Å²) in [6.45, 7) is 16.0. The molecular weight excluding hydrogens is 376 g/mol. The van der Waals surface area contributed by atoms with Crippen LogP contribution in [0.4, 0.5) is 0 Å². The van der Waals surface area contributed by atoms with Crippen molar-refractivity contribution in [3.05, 3.63) is 0 Å². The zero-order valence-electron chi connectivity index (χ0n) is 20.9. The number of hydroxylamine groups is 2. The highest BCUT2D eigenvalue weighted by Gasteiger charge is 2.63. The van der Waals surface area contributed by atoms with Gasteiger partial charge in [0.15, 0.2) is 5.60 Å². The molecule has 2 saturated heterocycles. The lowest BCUT2D eigenvalue weighted by atomic mass is 9.72. The van der Waals surface area contributed by atoms with E-state index in [-0.39, 0.29) is 17.0 Å². The van der Waals surface area contributed by atoms with Gasteiger partial charge in [-0.05, 0) is 53.4 Å². The number of nitrogens with one attached hydrogen (secondary N) is 1. The van der Waals surface area contributed by atoms with E-state index in [2.05, 4.69) is 58.8 Å². The van der Waals surface area contributed by atoms with Crippen LogP contribution in [-0.4, -0.2) is 40.0 Å². The molecule has 0 radical (unpaired) electrons. The molecule has 176 valence electrons. The van der Waals surface area contributed by atoms with Gasteiger partial charge < -0.3 is 10.1 Å². The normalized spacial score (nSPS) is 27.5. The van der Waals surface area contributed by atoms with E-state index in [4.69, 9.17) is 9.57 Å². The molecule has 0 aromatic carbocycles. The van der Waals surface area contributed by atoms with Crippen molar-refractivity contribution in [3.63, 3.8) is 0 Å². The summed E-state index contributed by atoms with van der Waals surface area (Å²) >= 11 is 0. The average Bonchev–Trinajstić information content (AvgIpc) is 2.87. The van der Waals surface area contributed by atoms with Gasteiger partial charge >= 0.3 is 0 Å². The SMILES string of the molecule is CCCCCCCCC1(CCC)NC(=O)C2(CC(C)(C)N(OCCC)C(C)(C)C2)O1. The summed E-state index contributed by atoms with van der Waals surface area (Å²) in [5.74, 6) is 0.0817. The Labute approximate surface area is 185 Å². The lowest BCUT2D eigenvalue weighted by molar-refractivity contribution is -0.309. The predicted octanol–water partition coefficient (Wildman–Crippen LogP) is 6.11. The van der Waals surface area contributed by atoms with Crippen LogP contribution in [-0.2, 0) is 14.4 Å². The van der Waals surface area contributed by atoms with Gasteiger partial charge in [0.2, 0.25) is 0 Å². The summed E-state index contributed by atoms with van der Waals surface area (Å²) < 4.78 is 6.84. The van der Waals surface area contributed by atoms with E-state index in [0.29, 0.717) is 19.4 Å². The van der Waals surface area contributed by atoms with Gasteiger partial charge in [0.25, 0.3) is 5.91 Å². The number of rotatable bonds is 12. The molecule has 0 bridgehead atoms. The molecule has 2 rings (SSSR count). The number of carbonyl (C=O) groups is 1. The summed E-state index contributed by atoms with van der Waals surface area (Å²) in [4.78, 5) is 19.6. The fourth-order valence-corrected chi connectivity index (χ4v) is 5.90. The second kappa shape index (κ2) is 10.3. The van der Waals surface area contributed by atoms with E-state index in [9.17, 15) is 4.79 Å². The Balaban J connectivity index is 2.14. The Kier molecular flexibility index (Phi) is 8.80. The molecule has 0 aromatic rings. The van der Waals surface area contributed by atoms with Crippen LogP contribution >= 0.6 is 0 Å². The minimum atomic E-state index is -0.767. The smallest absolute Gasteiger partial charge is 0.254 e. The standard InChI is InChI=1S/C25H48N2O3/c1-8-11-12-13-14-15-17-25(16-9-2)26-21(28)24(30-25)19-22(4,5)27(29-18-10-3)23(6,7)20-24/h8-20H2,1-7H3,(H,26,28). The van der Waals surface area contributed by atoms with E-state index >= 15 is 0 Å². The highest BCUT2D eigenvalue weighted by atomic mass is 16.7. The molecule has 2 fully saturated rings. The van der Waals surface area contributed by atoms with Crippen LogP contribution in [0.25, 0.3) is 0 Å². The topological polar surface area (TPSA) is 50.8 Å². The molecule has 1 atom stereocenters. The second-order valence-corrected chi connectivity index (χ2v) is 10.9. The summed E-state index contributed by atoms with van der Waals surface area (Å²) in [6.07, 6.45) is 12.6. The highest BCUT2D eigenvalue weighted by Crippen LogP contribution is 2.50. The summed E-state index contributed by atoms with van der Waals surface area (Å²) in [5.41, 5.74) is -1.83. The zero-order valence-corrected chi connectivity index (χ0v) is 20.9. The van der Waals surface area contributed by atoms with Gasteiger partial charge in [-0.25, -0.2) is 0 Å². The predicted molar refractivity (Wildman–Crippen MR) is 123 cm³/mol. The lowest BCUT2D eigenvalue weighted by Gasteiger charge is -2.56. The first-order valence-corrected chi connectivity index (χ1v) is 12.5. The highest BCUT2D eigenvalue weighted by molar-refractivity contribution is 5.88. The van der Waals surface area contributed by atoms with Gasteiger partial charge in [-0.3, -0.25) is 9.63 Å². The Morgan fingerprint density at radius 1 is 0.867 bits per heavy atom. The van der Waals surface area contributed by atoms with Gasteiger partial charge in [-0.1, -0.05) is 59.3 Å². The number of hydrogen-bond acceptors (Lipinski definition) is 4. The largest absolute Gasteiger partial charge is 0.339 e. The van der Waals surface area contributed by atoms with Crippen LogP contribution < -0.4 is 5.32 Å². The van der Waals surface area contributed by atoms with Gasteiger partial charge in [-0.15, -0.1) is 0 Å². The number of nitrogens with zero attached hydrogens (tertiary/aromatic N) is 1. The first kappa shape index (κ1) is 25.6. The fraction of sp³-hybridized carbons (Fsp3) is 0.960. The number of amides is 1. The molecule has 2 aliphatic heterocycles. The second-order valence-electron chi connectivity index (χ2n) is 10.9. The summed E-state index contributed by atoms with van der Waals surface area (Å²) in [7, 11) is 0. The minimum Gasteiger partial charge on any atom is -0.339 e. The Hall–Kier alpha value is -0.650. The molecule has 1 amide bonds. The number of ether oxygens (including phenoxy) is 1. The lowest BCUT2D eigenvalue weighted by Crippen LogP contribution is -2.67. The molecule has 1 unspecified atom stereocenters.